The number of halogens is 1. The number of fused-ring (bicyclic) bond motifs is 1. The quantitative estimate of drug-likeness (QED) is 0.804. The van der Waals surface area contributed by atoms with Crippen LogP contribution in [0.1, 0.15) is 18.3 Å². The fourth-order valence-corrected chi connectivity index (χ4v) is 2.00. The maximum absolute atomic E-state index is 11.1. The molecular weight excluding hydrogens is 224 g/mol. The summed E-state index contributed by atoms with van der Waals surface area (Å²) in [7, 11) is 1.95. The molecule has 0 atom stereocenters. The Labute approximate surface area is 99.0 Å². The molecular formula is C12H13ClN2O. The van der Waals surface area contributed by atoms with Crippen LogP contribution < -0.4 is 0 Å². The first kappa shape index (κ1) is 11.1. The van der Waals surface area contributed by atoms with Gasteiger partial charge in [0.1, 0.15) is 11.6 Å². The lowest BCUT2D eigenvalue weighted by molar-refractivity contribution is -0.116. The van der Waals surface area contributed by atoms with Gasteiger partial charge in [0.05, 0.1) is 11.0 Å². The number of aromatic nitrogens is 2. The number of hydrogen-bond acceptors (Lipinski definition) is 2. The Kier molecular flexibility index (Phi) is 2.72. The van der Waals surface area contributed by atoms with Crippen LogP contribution in [-0.4, -0.2) is 15.3 Å². The second-order valence-corrected chi connectivity index (χ2v) is 4.44. The van der Waals surface area contributed by atoms with Crippen LogP contribution in [0.25, 0.3) is 11.0 Å². The number of rotatable bonds is 2. The molecule has 2 rings (SSSR count). The molecule has 0 aliphatic carbocycles. The minimum absolute atomic E-state index is 0.105. The summed E-state index contributed by atoms with van der Waals surface area (Å²) >= 11 is 6.14. The van der Waals surface area contributed by atoms with E-state index in [4.69, 9.17) is 11.6 Å². The zero-order valence-corrected chi connectivity index (χ0v) is 10.3. The van der Waals surface area contributed by atoms with Crippen molar-refractivity contribution in [3.8, 4) is 0 Å². The van der Waals surface area contributed by atoms with Crippen LogP contribution in [0.4, 0.5) is 0 Å². The molecule has 1 aromatic heterocycles. The molecule has 0 amide bonds. The Bertz CT molecular complexity index is 572. The molecule has 0 bridgehead atoms. The Morgan fingerprint density at radius 1 is 1.50 bits per heavy atom. The highest BCUT2D eigenvalue weighted by Gasteiger charge is 2.10. The van der Waals surface area contributed by atoms with E-state index < -0.39 is 0 Å². The number of carbonyl (C=O) groups is 1. The zero-order valence-electron chi connectivity index (χ0n) is 9.54. The van der Waals surface area contributed by atoms with Gasteiger partial charge in [-0.25, -0.2) is 4.98 Å². The van der Waals surface area contributed by atoms with Gasteiger partial charge in [0, 0.05) is 18.5 Å². The largest absolute Gasteiger partial charge is 0.331 e. The van der Waals surface area contributed by atoms with E-state index in [1.807, 2.05) is 30.7 Å². The van der Waals surface area contributed by atoms with Crippen molar-refractivity contribution >= 4 is 28.4 Å². The number of carbonyl (C=O) groups excluding carboxylic acids is 1. The smallest absolute Gasteiger partial charge is 0.134 e. The Morgan fingerprint density at radius 2 is 2.19 bits per heavy atom. The van der Waals surface area contributed by atoms with Crippen molar-refractivity contribution in [3.05, 3.63) is 28.5 Å². The summed E-state index contributed by atoms with van der Waals surface area (Å²) in [6.45, 7) is 3.50. The fourth-order valence-electron chi connectivity index (χ4n) is 1.78. The number of ketones is 1. The van der Waals surface area contributed by atoms with E-state index in [9.17, 15) is 4.79 Å². The van der Waals surface area contributed by atoms with Crippen molar-refractivity contribution < 1.29 is 4.79 Å². The SMILES string of the molecule is CC(=O)Cc1cc2nc(C)n(C)c2cc1Cl. The second kappa shape index (κ2) is 3.91. The number of imidazole rings is 1. The van der Waals surface area contributed by atoms with Crippen molar-refractivity contribution in [1.82, 2.24) is 9.55 Å². The molecule has 0 aliphatic rings. The van der Waals surface area contributed by atoms with Crippen LogP contribution >= 0.6 is 11.6 Å². The Balaban J connectivity index is 2.62. The molecule has 16 heavy (non-hydrogen) atoms. The minimum atomic E-state index is 0.105. The first-order valence-electron chi connectivity index (χ1n) is 5.10. The van der Waals surface area contributed by atoms with E-state index in [-0.39, 0.29) is 5.78 Å². The average molecular weight is 237 g/mol. The summed E-state index contributed by atoms with van der Waals surface area (Å²) in [4.78, 5) is 15.5. The van der Waals surface area contributed by atoms with Crippen LogP contribution in [0.3, 0.4) is 0 Å². The van der Waals surface area contributed by atoms with Gasteiger partial charge in [-0.15, -0.1) is 0 Å². The topological polar surface area (TPSA) is 34.9 Å². The lowest BCUT2D eigenvalue weighted by atomic mass is 10.1. The van der Waals surface area contributed by atoms with Crippen LogP contribution in [0.2, 0.25) is 5.02 Å². The zero-order chi connectivity index (χ0) is 11.9. The van der Waals surface area contributed by atoms with E-state index in [1.54, 1.807) is 6.92 Å². The number of Topliss-reactive ketones (excluding diaryl/α,β-unsaturated/α-hetero) is 1. The fraction of sp³-hybridized carbons (Fsp3) is 0.333. The molecule has 3 nitrogen and oxygen atoms in total. The van der Waals surface area contributed by atoms with Crippen molar-refractivity contribution in [2.75, 3.05) is 0 Å². The molecule has 2 aromatic rings. The number of nitrogens with zero attached hydrogens (tertiary/aromatic N) is 2. The molecule has 1 aromatic carbocycles. The van der Waals surface area contributed by atoms with Gasteiger partial charge in [-0.2, -0.15) is 0 Å². The minimum Gasteiger partial charge on any atom is -0.331 e. The molecule has 4 heteroatoms. The van der Waals surface area contributed by atoms with E-state index >= 15 is 0 Å². The number of hydrogen-bond donors (Lipinski definition) is 0. The van der Waals surface area contributed by atoms with E-state index in [1.165, 1.54) is 0 Å². The highest BCUT2D eigenvalue weighted by molar-refractivity contribution is 6.32. The van der Waals surface area contributed by atoms with Gasteiger partial charge in [0.2, 0.25) is 0 Å². The lowest BCUT2D eigenvalue weighted by Crippen LogP contribution is -1.97. The van der Waals surface area contributed by atoms with Gasteiger partial charge in [0.25, 0.3) is 0 Å². The molecule has 0 radical (unpaired) electrons. The van der Waals surface area contributed by atoms with Crippen LogP contribution in [0.15, 0.2) is 12.1 Å². The van der Waals surface area contributed by atoms with Gasteiger partial charge < -0.3 is 4.57 Å². The van der Waals surface area contributed by atoms with Crippen molar-refractivity contribution in [2.45, 2.75) is 20.3 Å². The third kappa shape index (κ3) is 1.83. The summed E-state index contributed by atoms with van der Waals surface area (Å²) in [6, 6.07) is 3.77. The van der Waals surface area contributed by atoms with Gasteiger partial charge in [0.15, 0.2) is 0 Å². The number of aryl methyl sites for hydroxylation is 2. The molecule has 0 fully saturated rings. The normalized spacial score (nSPS) is 11.0. The average Bonchev–Trinajstić information content (AvgIpc) is 2.44. The first-order chi connectivity index (χ1) is 7.49. The Hall–Kier alpha value is -1.35. The molecule has 84 valence electrons. The maximum Gasteiger partial charge on any atom is 0.134 e. The van der Waals surface area contributed by atoms with Crippen molar-refractivity contribution in [3.63, 3.8) is 0 Å². The third-order valence-corrected chi connectivity index (χ3v) is 3.06. The monoisotopic (exact) mass is 236 g/mol. The summed E-state index contributed by atoms with van der Waals surface area (Å²) in [5, 5.41) is 0.630. The van der Waals surface area contributed by atoms with Gasteiger partial charge in [-0.3, -0.25) is 4.79 Å². The van der Waals surface area contributed by atoms with Crippen LogP contribution in [-0.2, 0) is 18.3 Å². The molecule has 0 aliphatic heterocycles. The van der Waals surface area contributed by atoms with Crippen molar-refractivity contribution in [1.29, 1.82) is 0 Å². The third-order valence-electron chi connectivity index (χ3n) is 2.71. The van der Waals surface area contributed by atoms with E-state index in [2.05, 4.69) is 4.98 Å². The van der Waals surface area contributed by atoms with E-state index in [0.717, 1.165) is 22.4 Å². The molecule has 0 N–H and O–H groups in total. The first-order valence-corrected chi connectivity index (χ1v) is 5.47. The summed E-state index contributed by atoms with van der Waals surface area (Å²) < 4.78 is 1.98. The molecule has 0 saturated carbocycles. The van der Waals surface area contributed by atoms with Gasteiger partial charge >= 0.3 is 0 Å². The highest BCUT2D eigenvalue weighted by atomic mass is 35.5. The lowest BCUT2D eigenvalue weighted by Gasteiger charge is -2.03. The summed E-state index contributed by atoms with van der Waals surface area (Å²) in [5.41, 5.74) is 2.73. The van der Waals surface area contributed by atoms with Gasteiger partial charge in [-0.05, 0) is 31.5 Å². The standard InChI is InChI=1S/C12H13ClN2O/c1-7(16)4-9-5-11-12(6-10(9)13)15(3)8(2)14-11/h5-6H,4H2,1-3H3. The summed E-state index contributed by atoms with van der Waals surface area (Å²) in [6.07, 6.45) is 0.365. The highest BCUT2D eigenvalue weighted by Crippen LogP contribution is 2.24. The van der Waals surface area contributed by atoms with Crippen LogP contribution in [0, 0.1) is 6.92 Å². The Morgan fingerprint density at radius 3 is 2.81 bits per heavy atom. The molecule has 0 spiro atoms. The molecule has 1 heterocycles. The summed E-state index contributed by atoms with van der Waals surface area (Å²) in [5.74, 6) is 1.04. The van der Waals surface area contributed by atoms with Gasteiger partial charge in [-0.1, -0.05) is 11.6 Å². The predicted octanol–water partition coefficient (Wildman–Crippen LogP) is 2.67. The molecule has 0 unspecified atom stereocenters. The molecule has 0 saturated heterocycles. The second-order valence-electron chi connectivity index (χ2n) is 4.03. The maximum atomic E-state index is 11.1. The van der Waals surface area contributed by atoms with Crippen molar-refractivity contribution in [2.24, 2.45) is 7.05 Å². The van der Waals surface area contributed by atoms with E-state index in [0.29, 0.717) is 11.4 Å². The van der Waals surface area contributed by atoms with Crippen LogP contribution in [0.5, 0.6) is 0 Å². The predicted molar refractivity (Wildman–Crippen MR) is 64.8 cm³/mol. The number of benzene rings is 1.